The first-order chi connectivity index (χ1) is 17.3. The Labute approximate surface area is 231 Å². The standard InChI is InChI=1S/C32H38N4.Co/c1-9-21-17(5)25-14-30-23(11-3)19(7)27(35-30)16-32-24(12-4)20(8)28(36-32)15-31-22(10-2)18(6)26(34-31)13-29(21)33-25;/h13-15,32H,9-12,16H2,1-8H3;/q-2;+3/b26-13-,30-14-,31-15-;. The van der Waals surface area contributed by atoms with Crippen LogP contribution in [0.15, 0.2) is 38.0 Å². The number of aliphatic imine (C=N–C) groups is 2. The third-order valence-corrected chi connectivity index (χ3v) is 8.44. The zero-order chi connectivity index (χ0) is 25.7. The van der Waals surface area contributed by atoms with Gasteiger partial charge in [0.1, 0.15) is 0 Å². The predicted molar refractivity (Wildman–Crippen MR) is 152 cm³/mol. The van der Waals surface area contributed by atoms with E-state index >= 15 is 0 Å². The summed E-state index contributed by atoms with van der Waals surface area (Å²) in [5.74, 6) is 0. The molecule has 2 aromatic rings. The number of hydrogen-bond donors (Lipinski definition) is 0. The maximum Gasteiger partial charge on any atom is 3.00 e. The first-order valence-corrected chi connectivity index (χ1v) is 13.6. The quantitative estimate of drug-likeness (QED) is 0.523. The van der Waals surface area contributed by atoms with Crippen molar-refractivity contribution in [3.63, 3.8) is 0 Å². The topological polar surface area (TPSA) is 52.9 Å². The molecule has 0 spiro atoms. The molecule has 0 N–H and O–H groups in total. The number of allylic oxidation sites excluding steroid dienone is 3. The van der Waals surface area contributed by atoms with Gasteiger partial charge in [0.25, 0.3) is 0 Å². The van der Waals surface area contributed by atoms with Gasteiger partial charge in [-0.15, -0.1) is 22.1 Å². The molecule has 37 heavy (non-hydrogen) atoms. The molecular weight excluding hydrogens is 499 g/mol. The van der Waals surface area contributed by atoms with Gasteiger partial charge in [0.2, 0.25) is 0 Å². The molecule has 5 heterocycles. The van der Waals surface area contributed by atoms with Crippen LogP contribution >= 0.6 is 0 Å². The number of rotatable bonds is 4. The number of aromatic nitrogens is 2. The van der Waals surface area contributed by atoms with E-state index < -0.39 is 0 Å². The fourth-order valence-electron chi connectivity index (χ4n) is 6.24. The van der Waals surface area contributed by atoms with E-state index in [0.717, 1.165) is 65.6 Å². The Balaban J connectivity index is 0.00000320. The van der Waals surface area contributed by atoms with Gasteiger partial charge in [0.15, 0.2) is 0 Å². The summed E-state index contributed by atoms with van der Waals surface area (Å²) in [4.78, 5) is 20.7. The first-order valence-electron chi connectivity index (χ1n) is 13.6. The SMILES string of the molecule is CCC1=C(C)C2=N/C1=C\c1[n-]c(c(CC)c1C)/C=c1\[n-]/c(c(CC)c1C)=C\C1=NC(C2)C(CC)=C1C.[Co+3]. The van der Waals surface area contributed by atoms with Crippen LogP contribution in [0, 0.1) is 13.8 Å². The van der Waals surface area contributed by atoms with E-state index in [1.807, 2.05) is 0 Å². The average Bonchev–Trinajstić information content (AvgIpc) is 3.51. The largest absolute Gasteiger partial charge is 3.00 e. The summed E-state index contributed by atoms with van der Waals surface area (Å²) >= 11 is 0. The molecule has 5 rings (SSSR count). The molecule has 2 aromatic heterocycles. The van der Waals surface area contributed by atoms with E-state index in [1.165, 1.54) is 50.3 Å². The summed E-state index contributed by atoms with van der Waals surface area (Å²) < 4.78 is 0. The number of hydrogen-bond acceptors (Lipinski definition) is 2. The fourth-order valence-corrected chi connectivity index (χ4v) is 6.24. The third kappa shape index (κ3) is 4.50. The average molecular weight is 538 g/mol. The van der Waals surface area contributed by atoms with Crippen molar-refractivity contribution in [2.24, 2.45) is 9.98 Å². The van der Waals surface area contributed by atoms with Crippen molar-refractivity contribution in [1.29, 1.82) is 0 Å². The molecule has 1 atom stereocenters. The van der Waals surface area contributed by atoms with Crippen molar-refractivity contribution in [1.82, 2.24) is 9.97 Å². The second-order valence-electron chi connectivity index (χ2n) is 10.3. The summed E-state index contributed by atoms with van der Waals surface area (Å²) in [6.45, 7) is 17.8. The van der Waals surface area contributed by atoms with Gasteiger partial charge in [-0.2, -0.15) is 0 Å². The van der Waals surface area contributed by atoms with Gasteiger partial charge in [-0.1, -0.05) is 68.2 Å². The Morgan fingerprint density at radius 3 is 2.14 bits per heavy atom. The minimum Gasteiger partial charge on any atom is -0.657 e. The molecule has 0 saturated heterocycles. The Kier molecular flexibility index (Phi) is 7.87. The molecule has 3 aliphatic heterocycles. The summed E-state index contributed by atoms with van der Waals surface area (Å²) in [6.07, 6.45) is 11.3. The minimum atomic E-state index is 0. The van der Waals surface area contributed by atoms with Crippen LogP contribution in [-0.2, 0) is 29.6 Å². The third-order valence-electron chi connectivity index (χ3n) is 8.44. The molecule has 0 radical (unpaired) electrons. The minimum absolute atomic E-state index is 0. The van der Waals surface area contributed by atoms with Crippen molar-refractivity contribution < 1.29 is 16.8 Å². The van der Waals surface area contributed by atoms with Crippen molar-refractivity contribution in [3.05, 3.63) is 72.3 Å². The van der Waals surface area contributed by atoms with Gasteiger partial charge in [0, 0.05) is 12.1 Å². The maximum absolute atomic E-state index is 5.25. The molecule has 1 unspecified atom stereocenters. The second-order valence-corrected chi connectivity index (χ2v) is 10.3. The Morgan fingerprint density at radius 2 is 1.49 bits per heavy atom. The van der Waals surface area contributed by atoms with Crippen molar-refractivity contribution in [3.8, 4) is 0 Å². The molecule has 4 nitrogen and oxygen atoms in total. The summed E-state index contributed by atoms with van der Waals surface area (Å²) in [5.41, 5.74) is 15.9. The summed E-state index contributed by atoms with van der Waals surface area (Å²) in [7, 11) is 0. The Bertz CT molecular complexity index is 1530. The van der Waals surface area contributed by atoms with Crippen LogP contribution in [0.25, 0.3) is 18.2 Å². The zero-order valence-corrected chi connectivity index (χ0v) is 24.5. The van der Waals surface area contributed by atoms with Crippen LogP contribution in [0.3, 0.4) is 0 Å². The van der Waals surface area contributed by atoms with Gasteiger partial charge >= 0.3 is 16.8 Å². The van der Waals surface area contributed by atoms with Crippen LogP contribution in [0.2, 0.25) is 0 Å². The molecule has 0 fully saturated rings. The van der Waals surface area contributed by atoms with Gasteiger partial charge in [-0.05, 0) is 75.7 Å². The number of fused-ring (bicyclic) bond motifs is 6. The molecule has 194 valence electrons. The van der Waals surface area contributed by atoms with Gasteiger partial charge < -0.3 is 9.97 Å². The van der Waals surface area contributed by atoms with Crippen LogP contribution in [0.4, 0.5) is 0 Å². The fraction of sp³-hybridized carbons (Fsp3) is 0.438. The van der Waals surface area contributed by atoms with Crippen LogP contribution in [-0.4, -0.2) is 17.5 Å². The van der Waals surface area contributed by atoms with E-state index in [2.05, 4.69) is 73.6 Å². The summed E-state index contributed by atoms with van der Waals surface area (Å²) in [5, 5.41) is 2.07. The van der Waals surface area contributed by atoms with E-state index in [-0.39, 0.29) is 22.8 Å². The zero-order valence-electron chi connectivity index (χ0n) is 23.5. The molecule has 5 heteroatoms. The van der Waals surface area contributed by atoms with Gasteiger partial charge in [0.05, 0.1) is 17.5 Å². The van der Waals surface area contributed by atoms with Crippen molar-refractivity contribution in [2.75, 3.05) is 0 Å². The van der Waals surface area contributed by atoms with E-state index in [9.17, 15) is 0 Å². The monoisotopic (exact) mass is 537 g/mol. The molecule has 3 aliphatic rings. The van der Waals surface area contributed by atoms with Crippen LogP contribution in [0.1, 0.15) is 94.4 Å². The molecular formula is C32H38CoN4+. The first kappa shape index (κ1) is 27.4. The maximum atomic E-state index is 5.25. The van der Waals surface area contributed by atoms with Gasteiger partial charge in [-0.3, -0.25) is 9.98 Å². The van der Waals surface area contributed by atoms with Crippen LogP contribution < -0.4 is 20.7 Å². The molecule has 8 bridgehead atoms. The normalized spacial score (nSPS) is 22.1. The van der Waals surface area contributed by atoms with E-state index in [0.29, 0.717) is 0 Å². The summed E-state index contributed by atoms with van der Waals surface area (Å²) in [6, 6.07) is 0.143. The van der Waals surface area contributed by atoms with E-state index in [1.54, 1.807) is 0 Å². The molecule has 0 saturated carbocycles. The second kappa shape index (κ2) is 10.6. The Morgan fingerprint density at radius 1 is 0.757 bits per heavy atom. The van der Waals surface area contributed by atoms with Gasteiger partial charge in [-0.25, -0.2) is 0 Å². The van der Waals surface area contributed by atoms with Crippen LogP contribution in [0.5, 0.6) is 0 Å². The van der Waals surface area contributed by atoms with Crippen molar-refractivity contribution >= 4 is 29.7 Å². The molecule has 0 aromatic carbocycles. The Hall–Kier alpha value is -2.63. The number of nitrogens with zero attached hydrogens (tertiary/aromatic N) is 4. The molecule has 0 aliphatic carbocycles. The van der Waals surface area contributed by atoms with E-state index in [4.69, 9.17) is 20.0 Å². The molecule has 0 amide bonds. The smallest absolute Gasteiger partial charge is 0.657 e. The predicted octanol–water partition coefficient (Wildman–Crippen LogP) is 5.42. The van der Waals surface area contributed by atoms with Crippen molar-refractivity contribution in [2.45, 2.75) is 93.5 Å².